The summed E-state index contributed by atoms with van der Waals surface area (Å²) in [6.45, 7) is 7.70. The molecule has 0 heterocycles. The average Bonchev–Trinajstić information content (AvgIpc) is 2.13. The van der Waals surface area contributed by atoms with E-state index in [9.17, 15) is 4.79 Å². The fourth-order valence-electron chi connectivity index (χ4n) is 1.28. The van der Waals surface area contributed by atoms with Crippen molar-refractivity contribution in [3.8, 4) is 0 Å². The molecule has 2 heteroatoms. The fourth-order valence-corrected chi connectivity index (χ4v) is 1.59. The molecule has 0 fully saturated rings. The van der Waals surface area contributed by atoms with Gasteiger partial charge in [0.15, 0.2) is 5.78 Å². The molecule has 1 rings (SSSR count). The Hall–Kier alpha value is -0.820. The number of benzene rings is 1. The van der Waals surface area contributed by atoms with Gasteiger partial charge in [0.25, 0.3) is 0 Å². The first kappa shape index (κ1) is 11.3. The fraction of sp³-hybridized carbons (Fsp3) is 0.417. The minimum Gasteiger partial charge on any atom is -0.294 e. The van der Waals surface area contributed by atoms with Crippen molar-refractivity contribution in [1.29, 1.82) is 0 Å². The molecule has 0 aliphatic rings. The zero-order valence-electron chi connectivity index (χ0n) is 9.02. The highest BCUT2D eigenvalue weighted by Gasteiger charge is 2.15. The maximum absolute atomic E-state index is 11.7. The molecule has 0 aliphatic heterocycles. The minimum atomic E-state index is -0.00499. The predicted octanol–water partition coefficient (Wildman–Crippen LogP) is 3.80. The zero-order chi connectivity index (χ0) is 10.9. The Morgan fingerprint density at radius 2 is 1.86 bits per heavy atom. The lowest BCUT2D eigenvalue weighted by Crippen LogP contribution is -2.08. The summed E-state index contributed by atoms with van der Waals surface area (Å²) in [6.07, 6.45) is 0. The Kier molecular flexibility index (Phi) is 3.33. The number of Topliss-reactive ketones (excluding diaryl/α,β-unsaturated/α-hetero) is 1. The van der Waals surface area contributed by atoms with Crippen molar-refractivity contribution in [3.05, 3.63) is 33.8 Å². The molecule has 76 valence electrons. The molecule has 0 saturated carbocycles. The highest BCUT2D eigenvalue weighted by Crippen LogP contribution is 2.25. The predicted molar refractivity (Wildman–Crippen MR) is 60.1 cm³/mol. The van der Waals surface area contributed by atoms with Gasteiger partial charge in [0.1, 0.15) is 0 Å². The Morgan fingerprint density at radius 1 is 1.29 bits per heavy atom. The number of carbonyl (C=O) groups is 1. The van der Waals surface area contributed by atoms with E-state index in [1.807, 2.05) is 39.8 Å². The normalized spacial score (nSPS) is 10.7. The first-order valence-corrected chi connectivity index (χ1v) is 5.13. The van der Waals surface area contributed by atoms with E-state index >= 15 is 0 Å². The molecule has 0 aromatic heterocycles. The van der Waals surface area contributed by atoms with E-state index in [2.05, 4.69) is 0 Å². The lowest BCUT2D eigenvalue weighted by Gasteiger charge is -2.10. The SMILES string of the molecule is Cc1ccc(C(=O)C(C)C)c(Cl)c1C. The van der Waals surface area contributed by atoms with Gasteiger partial charge in [-0.3, -0.25) is 4.79 Å². The van der Waals surface area contributed by atoms with Gasteiger partial charge in [0.05, 0.1) is 5.02 Å². The standard InChI is InChI=1S/C12H15ClO/c1-7(2)12(14)10-6-5-8(3)9(4)11(10)13/h5-7H,1-4H3. The molecule has 0 bridgehead atoms. The second-order valence-electron chi connectivity index (χ2n) is 3.89. The van der Waals surface area contributed by atoms with Crippen LogP contribution in [0, 0.1) is 19.8 Å². The number of halogens is 1. The van der Waals surface area contributed by atoms with E-state index in [4.69, 9.17) is 11.6 Å². The van der Waals surface area contributed by atoms with Crippen LogP contribution >= 0.6 is 11.6 Å². The van der Waals surface area contributed by atoms with Crippen molar-refractivity contribution >= 4 is 17.4 Å². The van der Waals surface area contributed by atoms with Gasteiger partial charge in [-0.1, -0.05) is 31.5 Å². The molecular formula is C12H15ClO. The van der Waals surface area contributed by atoms with Crippen molar-refractivity contribution < 1.29 is 4.79 Å². The van der Waals surface area contributed by atoms with Crippen LogP contribution in [0.15, 0.2) is 12.1 Å². The average molecular weight is 211 g/mol. The molecule has 0 N–H and O–H groups in total. The Labute approximate surface area is 90.1 Å². The molecule has 0 spiro atoms. The van der Waals surface area contributed by atoms with Gasteiger partial charge >= 0.3 is 0 Å². The van der Waals surface area contributed by atoms with Crippen LogP contribution in [0.25, 0.3) is 0 Å². The van der Waals surface area contributed by atoms with Crippen molar-refractivity contribution in [2.45, 2.75) is 27.7 Å². The Morgan fingerprint density at radius 3 is 2.36 bits per heavy atom. The first-order valence-electron chi connectivity index (χ1n) is 4.75. The summed E-state index contributed by atoms with van der Waals surface area (Å²) in [5.74, 6) is 0.104. The quantitative estimate of drug-likeness (QED) is 0.679. The van der Waals surface area contributed by atoms with Crippen molar-refractivity contribution in [2.75, 3.05) is 0 Å². The van der Waals surface area contributed by atoms with Crippen LogP contribution < -0.4 is 0 Å². The number of hydrogen-bond acceptors (Lipinski definition) is 1. The summed E-state index contributed by atoms with van der Waals surface area (Å²) >= 11 is 6.12. The number of aryl methyl sites for hydroxylation is 1. The smallest absolute Gasteiger partial charge is 0.166 e. The van der Waals surface area contributed by atoms with E-state index in [1.165, 1.54) is 0 Å². The van der Waals surface area contributed by atoms with E-state index in [0.29, 0.717) is 10.6 Å². The highest BCUT2D eigenvalue weighted by molar-refractivity contribution is 6.34. The molecule has 0 aliphatic carbocycles. The van der Waals surface area contributed by atoms with Crippen LogP contribution in [0.2, 0.25) is 5.02 Å². The topological polar surface area (TPSA) is 17.1 Å². The summed E-state index contributed by atoms with van der Waals surface area (Å²) < 4.78 is 0. The van der Waals surface area contributed by atoms with Crippen LogP contribution in [0.5, 0.6) is 0 Å². The van der Waals surface area contributed by atoms with Gasteiger partial charge in [0, 0.05) is 11.5 Å². The van der Waals surface area contributed by atoms with Gasteiger partial charge in [-0.2, -0.15) is 0 Å². The number of hydrogen-bond donors (Lipinski definition) is 0. The lowest BCUT2D eigenvalue weighted by atomic mass is 9.97. The zero-order valence-corrected chi connectivity index (χ0v) is 9.77. The third-order valence-electron chi connectivity index (χ3n) is 2.45. The minimum absolute atomic E-state index is 0.00499. The maximum Gasteiger partial charge on any atom is 0.166 e. The third kappa shape index (κ3) is 1.98. The van der Waals surface area contributed by atoms with Crippen LogP contribution in [0.1, 0.15) is 35.3 Å². The lowest BCUT2D eigenvalue weighted by molar-refractivity contribution is 0.0939. The second-order valence-corrected chi connectivity index (χ2v) is 4.27. The molecular weight excluding hydrogens is 196 g/mol. The molecule has 1 aromatic carbocycles. The summed E-state index contributed by atoms with van der Waals surface area (Å²) in [5.41, 5.74) is 2.76. The monoisotopic (exact) mass is 210 g/mol. The van der Waals surface area contributed by atoms with Crippen LogP contribution in [-0.2, 0) is 0 Å². The molecule has 0 saturated heterocycles. The van der Waals surface area contributed by atoms with Gasteiger partial charge in [-0.05, 0) is 31.0 Å². The molecule has 0 amide bonds. The van der Waals surface area contributed by atoms with Crippen molar-refractivity contribution in [2.24, 2.45) is 5.92 Å². The Bertz CT molecular complexity index is 367. The van der Waals surface area contributed by atoms with E-state index in [-0.39, 0.29) is 11.7 Å². The highest BCUT2D eigenvalue weighted by atomic mass is 35.5. The van der Waals surface area contributed by atoms with Crippen molar-refractivity contribution in [3.63, 3.8) is 0 Å². The largest absolute Gasteiger partial charge is 0.294 e. The van der Waals surface area contributed by atoms with Gasteiger partial charge in [-0.25, -0.2) is 0 Å². The molecule has 14 heavy (non-hydrogen) atoms. The van der Waals surface area contributed by atoms with Gasteiger partial charge in [-0.15, -0.1) is 0 Å². The molecule has 0 atom stereocenters. The summed E-state index contributed by atoms with van der Waals surface area (Å²) in [7, 11) is 0. The molecule has 0 unspecified atom stereocenters. The number of carbonyl (C=O) groups excluding carboxylic acids is 1. The van der Waals surface area contributed by atoms with Crippen LogP contribution in [0.3, 0.4) is 0 Å². The van der Waals surface area contributed by atoms with Crippen LogP contribution in [-0.4, -0.2) is 5.78 Å². The molecule has 1 nitrogen and oxygen atoms in total. The van der Waals surface area contributed by atoms with Crippen LogP contribution in [0.4, 0.5) is 0 Å². The second kappa shape index (κ2) is 4.14. The van der Waals surface area contributed by atoms with Gasteiger partial charge < -0.3 is 0 Å². The number of ketones is 1. The van der Waals surface area contributed by atoms with Gasteiger partial charge in [0.2, 0.25) is 0 Å². The summed E-state index contributed by atoms with van der Waals surface area (Å²) in [5, 5.41) is 0.601. The molecule has 0 radical (unpaired) electrons. The maximum atomic E-state index is 11.7. The Balaban J connectivity index is 3.24. The summed E-state index contributed by atoms with van der Waals surface area (Å²) in [4.78, 5) is 11.7. The van der Waals surface area contributed by atoms with E-state index in [1.54, 1.807) is 0 Å². The third-order valence-corrected chi connectivity index (χ3v) is 2.93. The van der Waals surface area contributed by atoms with E-state index < -0.39 is 0 Å². The van der Waals surface area contributed by atoms with E-state index in [0.717, 1.165) is 11.1 Å². The first-order chi connectivity index (χ1) is 6.45. The number of rotatable bonds is 2. The van der Waals surface area contributed by atoms with Crippen molar-refractivity contribution in [1.82, 2.24) is 0 Å². The summed E-state index contributed by atoms with van der Waals surface area (Å²) in [6, 6.07) is 3.75. The molecule has 1 aromatic rings.